The van der Waals surface area contributed by atoms with Crippen molar-refractivity contribution >= 4 is 22.6 Å². The van der Waals surface area contributed by atoms with Crippen molar-refractivity contribution in [1.82, 2.24) is 0 Å². The van der Waals surface area contributed by atoms with Crippen molar-refractivity contribution in [3.05, 3.63) is 53.6 Å². The second kappa shape index (κ2) is 4.63. The molecule has 0 aromatic heterocycles. The SMILES string of the molecule is CC(=O)/C=C/c1ccc2cc(C#N)ccc2c1. The van der Waals surface area contributed by atoms with Gasteiger partial charge in [0.2, 0.25) is 0 Å². The number of benzene rings is 2. The van der Waals surface area contributed by atoms with Crippen molar-refractivity contribution < 1.29 is 4.79 Å². The molecule has 2 nitrogen and oxygen atoms in total. The van der Waals surface area contributed by atoms with E-state index in [2.05, 4.69) is 6.07 Å². The lowest BCUT2D eigenvalue weighted by molar-refractivity contribution is -0.112. The van der Waals surface area contributed by atoms with Crippen LogP contribution in [-0.4, -0.2) is 5.78 Å². The molecule has 0 aliphatic heterocycles. The van der Waals surface area contributed by atoms with Gasteiger partial charge in [0.1, 0.15) is 0 Å². The highest BCUT2D eigenvalue weighted by Crippen LogP contribution is 2.18. The first-order valence-corrected chi connectivity index (χ1v) is 5.31. The Morgan fingerprint density at radius 3 is 2.59 bits per heavy atom. The highest BCUT2D eigenvalue weighted by atomic mass is 16.1. The van der Waals surface area contributed by atoms with Gasteiger partial charge in [-0.1, -0.05) is 24.3 Å². The number of ketones is 1. The Kier molecular flexibility index (Phi) is 3.02. The summed E-state index contributed by atoms with van der Waals surface area (Å²) in [5, 5.41) is 10.9. The first kappa shape index (κ1) is 11.1. The molecule has 0 N–H and O–H groups in total. The summed E-state index contributed by atoms with van der Waals surface area (Å²) in [6, 6.07) is 13.6. The lowest BCUT2D eigenvalue weighted by Crippen LogP contribution is -1.81. The third kappa shape index (κ3) is 2.59. The second-order valence-corrected chi connectivity index (χ2v) is 3.88. The summed E-state index contributed by atoms with van der Waals surface area (Å²) in [5.74, 6) is 0.0323. The topological polar surface area (TPSA) is 40.9 Å². The number of hydrogen-bond acceptors (Lipinski definition) is 2. The molecule has 0 heterocycles. The van der Waals surface area contributed by atoms with Gasteiger partial charge in [-0.05, 0) is 47.5 Å². The average molecular weight is 221 g/mol. The molecular weight excluding hydrogens is 210 g/mol. The van der Waals surface area contributed by atoms with Crippen molar-refractivity contribution in [2.75, 3.05) is 0 Å². The summed E-state index contributed by atoms with van der Waals surface area (Å²) in [4.78, 5) is 10.8. The van der Waals surface area contributed by atoms with E-state index in [1.807, 2.05) is 30.3 Å². The van der Waals surface area contributed by atoms with Crippen LogP contribution in [0.5, 0.6) is 0 Å². The van der Waals surface area contributed by atoms with Crippen molar-refractivity contribution in [1.29, 1.82) is 5.26 Å². The summed E-state index contributed by atoms with van der Waals surface area (Å²) in [5.41, 5.74) is 1.64. The van der Waals surface area contributed by atoms with Gasteiger partial charge >= 0.3 is 0 Å². The number of fused-ring (bicyclic) bond motifs is 1. The first-order chi connectivity index (χ1) is 8.19. The standard InChI is InChI=1S/C15H11NO/c1-11(17)2-3-12-4-6-15-9-13(10-16)5-7-14(15)8-12/h2-9H,1H3/b3-2+. The van der Waals surface area contributed by atoms with E-state index in [0.29, 0.717) is 5.56 Å². The Morgan fingerprint density at radius 2 is 1.88 bits per heavy atom. The molecule has 0 atom stereocenters. The number of allylic oxidation sites excluding steroid dienone is 1. The van der Waals surface area contributed by atoms with E-state index >= 15 is 0 Å². The minimum Gasteiger partial charge on any atom is -0.295 e. The molecular formula is C15H11NO. The molecule has 0 fully saturated rings. The van der Waals surface area contributed by atoms with Crippen LogP contribution in [0.4, 0.5) is 0 Å². The molecule has 2 aromatic rings. The van der Waals surface area contributed by atoms with Crippen LogP contribution in [0.2, 0.25) is 0 Å². The normalized spacial score (nSPS) is 10.6. The molecule has 0 spiro atoms. The number of rotatable bonds is 2. The number of nitriles is 1. The highest BCUT2D eigenvalue weighted by Gasteiger charge is 1.96. The largest absolute Gasteiger partial charge is 0.295 e. The van der Waals surface area contributed by atoms with Crippen LogP contribution in [0.1, 0.15) is 18.1 Å². The minimum atomic E-state index is 0.0323. The van der Waals surface area contributed by atoms with Gasteiger partial charge in [0.15, 0.2) is 5.78 Å². The fraction of sp³-hybridized carbons (Fsp3) is 0.0667. The van der Waals surface area contributed by atoms with Crippen LogP contribution in [0.25, 0.3) is 16.8 Å². The molecule has 17 heavy (non-hydrogen) atoms. The third-order valence-electron chi connectivity index (χ3n) is 2.50. The van der Waals surface area contributed by atoms with Gasteiger partial charge in [0.05, 0.1) is 11.6 Å². The van der Waals surface area contributed by atoms with Gasteiger partial charge in [-0.2, -0.15) is 5.26 Å². The summed E-state index contributed by atoms with van der Waals surface area (Å²) < 4.78 is 0. The third-order valence-corrected chi connectivity index (χ3v) is 2.50. The monoisotopic (exact) mass is 221 g/mol. The molecule has 2 aromatic carbocycles. The molecule has 0 saturated carbocycles. The molecule has 0 radical (unpaired) electrons. The van der Waals surface area contributed by atoms with Crippen molar-refractivity contribution in [2.24, 2.45) is 0 Å². The quantitative estimate of drug-likeness (QED) is 0.730. The molecule has 2 heteroatoms. The summed E-state index contributed by atoms with van der Waals surface area (Å²) in [7, 11) is 0. The van der Waals surface area contributed by atoms with E-state index in [4.69, 9.17) is 5.26 Å². The fourth-order valence-electron chi connectivity index (χ4n) is 1.65. The molecule has 0 unspecified atom stereocenters. The maximum atomic E-state index is 10.8. The Labute approximate surface area is 99.8 Å². The van der Waals surface area contributed by atoms with E-state index in [-0.39, 0.29) is 5.78 Å². The highest BCUT2D eigenvalue weighted by molar-refractivity contribution is 5.92. The van der Waals surface area contributed by atoms with Gasteiger partial charge in [-0.3, -0.25) is 4.79 Å². The van der Waals surface area contributed by atoms with Crippen LogP contribution in [-0.2, 0) is 4.79 Å². The number of carbonyl (C=O) groups excluding carboxylic acids is 1. The average Bonchev–Trinajstić information content (AvgIpc) is 2.35. The molecule has 0 saturated heterocycles. The lowest BCUT2D eigenvalue weighted by atomic mass is 10.0. The molecule has 0 amide bonds. The van der Waals surface area contributed by atoms with Crippen LogP contribution in [0.3, 0.4) is 0 Å². The first-order valence-electron chi connectivity index (χ1n) is 5.31. The van der Waals surface area contributed by atoms with Gasteiger partial charge < -0.3 is 0 Å². The molecule has 0 bridgehead atoms. The zero-order chi connectivity index (χ0) is 12.3. The minimum absolute atomic E-state index is 0.0323. The molecule has 82 valence electrons. The van der Waals surface area contributed by atoms with Crippen LogP contribution in [0, 0.1) is 11.3 Å². The second-order valence-electron chi connectivity index (χ2n) is 3.88. The van der Waals surface area contributed by atoms with Gasteiger partial charge in [0, 0.05) is 0 Å². The van der Waals surface area contributed by atoms with Crippen LogP contribution >= 0.6 is 0 Å². The van der Waals surface area contributed by atoms with E-state index in [0.717, 1.165) is 16.3 Å². The Bertz CT molecular complexity index is 648. The van der Waals surface area contributed by atoms with Crippen molar-refractivity contribution in [2.45, 2.75) is 6.92 Å². The summed E-state index contributed by atoms with van der Waals surface area (Å²) >= 11 is 0. The maximum absolute atomic E-state index is 10.8. The van der Waals surface area contributed by atoms with E-state index < -0.39 is 0 Å². The van der Waals surface area contributed by atoms with Gasteiger partial charge in [-0.25, -0.2) is 0 Å². The van der Waals surface area contributed by atoms with Gasteiger partial charge in [-0.15, -0.1) is 0 Å². The molecule has 0 aliphatic carbocycles. The Balaban J connectivity index is 2.45. The van der Waals surface area contributed by atoms with Crippen molar-refractivity contribution in [3.63, 3.8) is 0 Å². The van der Waals surface area contributed by atoms with E-state index in [1.54, 1.807) is 18.2 Å². The van der Waals surface area contributed by atoms with E-state index in [1.165, 1.54) is 6.92 Å². The van der Waals surface area contributed by atoms with Crippen molar-refractivity contribution in [3.8, 4) is 6.07 Å². The van der Waals surface area contributed by atoms with Gasteiger partial charge in [0.25, 0.3) is 0 Å². The fourth-order valence-corrected chi connectivity index (χ4v) is 1.65. The van der Waals surface area contributed by atoms with Crippen LogP contribution < -0.4 is 0 Å². The Hall–Kier alpha value is -2.40. The zero-order valence-corrected chi connectivity index (χ0v) is 9.47. The maximum Gasteiger partial charge on any atom is 0.152 e. The molecule has 2 rings (SSSR count). The predicted octanol–water partition coefficient (Wildman–Crippen LogP) is 3.31. The predicted molar refractivity (Wildman–Crippen MR) is 68.4 cm³/mol. The lowest BCUT2D eigenvalue weighted by Gasteiger charge is -2.00. The number of hydrogen-bond donors (Lipinski definition) is 0. The summed E-state index contributed by atoms with van der Waals surface area (Å²) in [6.45, 7) is 1.52. The van der Waals surface area contributed by atoms with Crippen LogP contribution in [0.15, 0.2) is 42.5 Å². The zero-order valence-electron chi connectivity index (χ0n) is 9.47. The number of nitrogens with zero attached hydrogens (tertiary/aromatic N) is 1. The smallest absolute Gasteiger partial charge is 0.152 e. The molecule has 0 aliphatic rings. The number of carbonyl (C=O) groups is 1. The summed E-state index contributed by atoms with van der Waals surface area (Å²) in [6.07, 6.45) is 3.34. The van der Waals surface area contributed by atoms with E-state index in [9.17, 15) is 4.79 Å². The Morgan fingerprint density at radius 1 is 1.18 bits per heavy atom.